The summed E-state index contributed by atoms with van der Waals surface area (Å²) in [4.78, 5) is 0. The van der Waals surface area contributed by atoms with E-state index >= 15 is 0 Å². The van der Waals surface area contributed by atoms with Crippen molar-refractivity contribution in [1.29, 1.82) is 0 Å². The molecule has 3 nitrogen and oxygen atoms in total. The first-order valence-corrected chi connectivity index (χ1v) is 11.7. The molecule has 0 heterocycles. The quantitative estimate of drug-likeness (QED) is 0.335. The van der Waals surface area contributed by atoms with Crippen molar-refractivity contribution in [2.24, 2.45) is 0 Å². The molecular weight excluding hydrogens is 608 g/mol. The van der Waals surface area contributed by atoms with Gasteiger partial charge in [0, 0.05) is 5.41 Å². The van der Waals surface area contributed by atoms with Gasteiger partial charge in [-0.3, -0.25) is 0 Å². The van der Waals surface area contributed by atoms with Gasteiger partial charge in [-0.25, -0.2) is 0 Å². The minimum absolute atomic E-state index is 0.0272. The van der Waals surface area contributed by atoms with Gasteiger partial charge in [-0.15, -0.1) is 0 Å². The van der Waals surface area contributed by atoms with Gasteiger partial charge >= 0.3 is 0 Å². The van der Waals surface area contributed by atoms with Crippen LogP contribution in [-0.2, 0) is 5.41 Å². The van der Waals surface area contributed by atoms with Crippen molar-refractivity contribution >= 4 is 63.7 Å². The molecule has 2 aromatic carbocycles. The van der Waals surface area contributed by atoms with Crippen molar-refractivity contribution in [2.45, 2.75) is 32.6 Å². The lowest BCUT2D eigenvalue weighted by molar-refractivity contribution is 0.200. The Morgan fingerprint density at radius 2 is 1.15 bits per heavy atom. The molecule has 0 saturated heterocycles. The molecule has 148 valence electrons. The van der Waals surface area contributed by atoms with Crippen LogP contribution in [0.4, 0.5) is 0 Å². The van der Waals surface area contributed by atoms with E-state index in [1.165, 1.54) is 0 Å². The van der Waals surface area contributed by atoms with Crippen LogP contribution in [0.15, 0.2) is 42.2 Å². The molecule has 27 heavy (non-hydrogen) atoms. The first kappa shape index (κ1) is 23.2. The number of hydrogen-bond acceptors (Lipinski definition) is 3. The highest BCUT2D eigenvalue weighted by Gasteiger charge is 2.27. The molecule has 0 amide bonds. The molecule has 0 aliphatic heterocycles. The van der Waals surface area contributed by atoms with E-state index in [4.69, 9.17) is 14.6 Å². The fourth-order valence-corrected chi connectivity index (χ4v) is 5.47. The topological polar surface area (TPSA) is 38.7 Å². The van der Waals surface area contributed by atoms with Crippen LogP contribution in [0, 0.1) is 0 Å². The Morgan fingerprint density at radius 3 is 1.48 bits per heavy atom. The van der Waals surface area contributed by atoms with Gasteiger partial charge in [-0.1, -0.05) is 20.8 Å². The van der Waals surface area contributed by atoms with Crippen LogP contribution < -0.4 is 9.47 Å². The van der Waals surface area contributed by atoms with Gasteiger partial charge < -0.3 is 14.6 Å². The number of benzene rings is 2. The van der Waals surface area contributed by atoms with E-state index in [-0.39, 0.29) is 18.6 Å². The molecule has 7 heteroatoms. The normalized spacial score (nSPS) is 11.6. The van der Waals surface area contributed by atoms with Gasteiger partial charge in [0.1, 0.15) is 18.1 Å². The number of aliphatic hydroxyl groups is 1. The maximum absolute atomic E-state index is 9.00. The molecule has 0 spiro atoms. The van der Waals surface area contributed by atoms with E-state index in [9.17, 15) is 0 Å². The predicted molar refractivity (Wildman–Crippen MR) is 124 cm³/mol. The van der Waals surface area contributed by atoms with Crippen LogP contribution in [0.3, 0.4) is 0 Å². The molecule has 0 bridgehead atoms. The predicted octanol–water partition coefficient (Wildman–Crippen LogP) is 7.22. The highest BCUT2D eigenvalue weighted by atomic mass is 79.9. The van der Waals surface area contributed by atoms with Gasteiger partial charge in [0.2, 0.25) is 0 Å². The molecule has 0 aromatic heterocycles. The summed E-state index contributed by atoms with van der Waals surface area (Å²) in [6.45, 7) is 7.34. The van der Waals surface area contributed by atoms with Gasteiger partial charge in [0.15, 0.2) is 0 Å². The van der Waals surface area contributed by atoms with Gasteiger partial charge in [-0.05, 0) is 106 Å². The van der Waals surface area contributed by atoms with E-state index in [0.717, 1.165) is 41.2 Å². The fourth-order valence-electron chi connectivity index (χ4n) is 2.64. The third-order valence-corrected chi connectivity index (χ3v) is 6.58. The highest BCUT2D eigenvalue weighted by molar-refractivity contribution is 9.11. The first-order chi connectivity index (χ1) is 12.7. The Balaban J connectivity index is 2.43. The molecule has 2 aromatic rings. The third kappa shape index (κ3) is 5.50. The number of halogens is 4. The molecular formula is C20H22Br4O3. The zero-order chi connectivity index (χ0) is 20.2. The van der Waals surface area contributed by atoms with Crippen molar-refractivity contribution < 1.29 is 14.6 Å². The lowest BCUT2D eigenvalue weighted by Crippen LogP contribution is -2.19. The monoisotopic (exact) mass is 626 g/mol. The summed E-state index contributed by atoms with van der Waals surface area (Å²) in [5.74, 6) is 1.51. The summed E-state index contributed by atoms with van der Waals surface area (Å²) in [6.07, 6.45) is 0.957. The van der Waals surface area contributed by atoms with Crippen molar-refractivity contribution in [3.63, 3.8) is 0 Å². The maximum Gasteiger partial charge on any atom is 0.147 e. The second kappa shape index (κ2) is 10.1. The Bertz CT molecular complexity index is 694. The zero-order valence-electron chi connectivity index (χ0n) is 15.4. The Labute approximate surface area is 194 Å². The molecule has 0 aliphatic carbocycles. The average molecular weight is 630 g/mol. The van der Waals surface area contributed by atoms with Gasteiger partial charge in [0.05, 0.1) is 31.1 Å². The average Bonchev–Trinajstić information content (AvgIpc) is 2.60. The van der Waals surface area contributed by atoms with Crippen molar-refractivity contribution in [1.82, 2.24) is 0 Å². The SMILES string of the molecule is CCCOc1c(Br)cc(C(C)(C)c2cc(Br)c(OCCO)c(Br)c2)cc1Br. The lowest BCUT2D eigenvalue weighted by atomic mass is 9.78. The Kier molecular flexibility index (Phi) is 8.68. The van der Waals surface area contributed by atoms with Gasteiger partial charge in [0.25, 0.3) is 0 Å². The summed E-state index contributed by atoms with van der Waals surface area (Å²) in [5, 5.41) is 9.00. The summed E-state index contributed by atoms with van der Waals surface area (Å²) >= 11 is 14.5. The lowest BCUT2D eigenvalue weighted by Gasteiger charge is -2.28. The van der Waals surface area contributed by atoms with Gasteiger partial charge in [-0.2, -0.15) is 0 Å². The van der Waals surface area contributed by atoms with Crippen molar-refractivity contribution in [3.05, 3.63) is 53.3 Å². The third-order valence-electron chi connectivity index (χ3n) is 4.23. The summed E-state index contributed by atoms with van der Waals surface area (Å²) < 4.78 is 15.0. The fraction of sp³-hybridized carbons (Fsp3) is 0.400. The molecule has 0 unspecified atom stereocenters. The van der Waals surface area contributed by atoms with Crippen LogP contribution in [0.1, 0.15) is 38.3 Å². The largest absolute Gasteiger partial charge is 0.491 e. The maximum atomic E-state index is 9.00. The molecule has 0 aliphatic rings. The standard InChI is InChI=1S/C20H22Br4O3/c1-4-6-26-18-14(21)8-12(9-15(18)22)20(2,3)13-10-16(23)19(17(24)11-13)27-7-5-25/h8-11,25H,4-7H2,1-3H3. The minimum atomic E-state index is -0.255. The number of aliphatic hydroxyl groups excluding tert-OH is 1. The Hall–Kier alpha value is -0.0800. The molecule has 0 atom stereocenters. The van der Waals surface area contributed by atoms with Crippen LogP contribution >= 0.6 is 63.7 Å². The number of hydrogen-bond donors (Lipinski definition) is 1. The summed E-state index contributed by atoms with van der Waals surface area (Å²) in [6, 6.07) is 8.32. The second-order valence-corrected chi connectivity index (χ2v) is 10.0. The van der Waals surface area contributed by atoms with Crippen LogP contribution in [0.5, 0.6) is 11.5 Å². The van der Waals surface area contributed by atoms with Crippen LogP contribution in [0.25, 0.3) is 0 Å². The van der Waals surface area contributed by atoms with Crippen molar-refractivity contribution in [2.75, 3.05) is 19.8 Å². The van der Waals surface area contributed by atoms with E-state index in [2.05, 4.69) is 109 Å². The van der Waals surface area contributed by atoms with E-state index in [1.54, 1.807) is 0 Å². The molecule has 0 fully saturated rings. The van der Waals surface area contributed by atoms with Crippen LogP contribution in [0.2, 0.25) is 0 Å². The second-order valence-electron chi connectivity index (χ2n) is 6.58. The van der Waals surface area contributed by atoms with E-state index in [1.807, 2.05) is 0 Å². The van der Waals surface area contributed by atoms with Crippen molar-refractivity contribution in [3.8, 4) is 11.5 Å². The molecule has 0 radical (unpaired) electrons. The molecule has 2 rings (SSSR count). The smallest absolute Gasteiger partial charge is 0.147 e. The van der Waals surface area contributed by atoms with E-state index < -0.39 is 0 Å². The molecule has 0 saturated carbocycles. The first-order valence-electron chi connectivity index (χ1n) is 8.57. The van der Waals surface area contributed by atoms with Crippen LogP contribution in [-0.4, -0.2) is 24.9 Å². The minimum Gasteiger partial charge on any atom is -0.491 e. The summed E-state index contributed by atoms with van der Waals surface area (Å²) in [5.41, 5.74) is 2.01. The number of ether oxygens (including phenoxy) is 2. The number of rotatable bonds is 8. The highest BCUT2D eigenvalue weighted by Crippen LogP contribution is 2.44. The Morgan fingerprint density at radius 1 is 0.778 bits per heavy atom. The summed E-state index contributed by atoms with van der Waals surface area (Å²) in [7, 11) is 0. The zero-order valence-corrected chi connectivity index (χ0v) is 21.8. The van der Waals surface area contributed by atoms with E-state index in [0.29, 0.717) is 12.4 Å². The molecule has 1 N–H and O–H groups in total.